The Morgan fingerprint density at radius 3 is 1.68 bits per heavy atom. The van der Waals surface area contributed by atoms with Crippen molar-refractivity contribution in [2.75, 3.05) is 0 Å². The maximum atomic E-state index is 13.9. The number of hydrogen-bond donors (Lipinski definition) is 1. The van der Waals surface area contributed by atoms with E-state index in [1.807, 2.05) is 0 Å². The highest BCUT2D eigenvalue weighted by molar-refractivity contribution is 7.54. The molecule has 0 saturated carbocycles. The smallest absolute Gasteiger partial charge is 0.320 e. The Labute approximate surface area is 153 Å². The summed E-state index contributed by atoms with van der Waals surface area (Å²) in [6.07, 6.45) is 12.3. The van der Waals surface area contributed by atoms with Crippen LogP contribution in [0.4, 0.5) is 8.78 Å². The zero-order valence-electron chi connectivity index (χ0n) is 16.4. The molecule has 0 spiro atoms. The van der Waals surface area contributed by atoms with Crippen molar-refractivity contribution in [2.45, 2.75) is 122 Å². The van der Waals surface area contributed by atoms with E-state index in [9.17, 15) is 18.2 Å². The Bertz CT molecular complexity index is 365. The topological polar surface area (TPSA) is 46.5 Å². The summed E-state index contributed by atoms with van der Waals surface area (Å²) in [6.45, 7) is 5.48. The summed E-state index contributed by atoms with van der Waals surface area (Å²) in [4.78, 5) is 9.50. The minimum absolute atomic E-state index is 0.262. The van der Waals surface area contributed by atoms with Crippen LogP contribution < -0.4 is 0 Å². The Hall–Kier alpha value is 0.01000. The standard InChI is InChI=1S/C19H39F2O3P/c1-4-6-7-8-9-10-11-12-13-14-15-16-17-19(20,21)25(22,23)24-18(3)5-2/h18H,4-17H2,1-3H3,(H,22,23). The van der Waals surface area contributed by atoms with Crippen molar-refractivity contribution in [1.82, 2.24) is 0 Å². The predicted octanol–water partition coefficient (Wildman–Crippen LogP) is 7.67. The van der Waals surface area contributed by atoms with Crippen molar-refractivity contribution in [1.29, 1.82) is 0 Å². The van der Waals surface area contributed by atoms with Crippen LogP contribution >= 0.6 is 7.60 Å². The van der Waals surface area contributed by atoms with Gasteiger partial charge >= 0.3 is 13.3 Å². The van der Waals surface area contributed by atoms with Crippen LogP contribution in [0.25, 0.3) is 0 Å². The van der Waals surface area contributed by atoms with Gasteiger partial charge in [0.25, 0.3) is 0 Å². The molecule has 152 valence electrons. The summed E-state index contributed by atoms with van der Waals surface area (Å²) in [5.41, 5.74) is -3.64. The van der Waals surface area contributed by atoms with E-state index < -0.39 is 25.8 Å². The zero-order valence-corrected chi connectivity index (χ0v) is 17.3. The highest BCUT2D eigenvalue weighted by atomic mass is 31.2. The van der Waals surface area contributed by atoms with Gasteiger partial charge in [-0.25, -0.2) is 0 Å². The summed E-state index contributed by atoms with van der Waals surface area (Å²) >= 11 is 0. The van der Waals surface area contributed by atoms with Gasteiger partial charge in [-0.05, 0) is 19.8 Å². The van der Waals surface area contributed by atoms with Gasteiger partial charge in [-0.2, -0.15) is 8.78 Å². The first-order valence-electron chi connectivity index (χ1n) is 10.2. The third-order valence-corrected chi connectivity index (χ3v) is 6.34. The normalized spacial score (nSPS) is 15.9. The lowest BCUT2D eigenvalue weighted by Gasteiger charge is -2.24. The van der Waals surface area contributed by atoms with Gasteiger partial charge < -0.3 is 9.42 Å². The van der Waals surface area contributed by atoms with Crippen LogP contribution in [0.1, 0.15) is 111 Å². The van der Waals surface area contributed by atoms with Crippen molar-refractivity contribution in [3.8, 4) is 0 Å². The second-order valence-electron chi connectivity index (χ2n) is 7.15. The Kier molecular flexibility index (Phi) is 14.1. The second-order valence-corrected chi connectivity index (χ2v) is 9.06. The average molecular weight is 384 g/mol. The maximum absolute atomic E-state index is 13.9. The number of halogens is 2. The maximum Gasteiger partial charge on any atom is 0.397 e. The van der Waals surface area contributed by atoms with Gasteiger partial charge in [-0.3, -0.25) is 4.57 Å². The molecule has 0 bridgehead atoms. The van der Waals surface area contributed by atoms with E-state index in [0.29, 0.717) is 12.8 Å². The summed E-state index contributed by atoms with van der Waals surface area (Å²) in [5, 5.41) is 0. The van der Waals surface area contributed by atoms with Crippen LogP contribution in [0.15, 0.2) is 0 Å². The van der Waals surface area contributed by atoms with Crippen LogP contribution in [0.2, 0.25) is 0 Å². The molecule has 0 aliphatic carbocycles. The van der Waals surface area contributed by atoms with E-state index in [1.165, 1.54) is 51.9 Å². The average Bonchev–Trinajstić information content (AvgIpc) is 2.55. The van der Waals surface area contributed by atoms with Crippen molar-refractivity contribution in [2.24, 2.45) is 0 Å². The number of hydrogen-bond acceptors (Lipinski definition) is 2. The highest BCUT2D eigenvalue weighted by Crippen LogP contribution is 2.60. The Morgan fingerprint density at radius 1 is 0.880 bits per heavy atom. The van der Waals surface area contributed by atoms with E-state index in [-0.39, 0.29) is 6.42 Å². The van der Waals surface area contributed by atoms with Gasteiger partial charge in [-0.1, -0.05) is 84.5 Å². The minimum atomic E-state index is -4.88. The van der Waals surface area contributed by atoms with E-state index in [1.54, 1.807) is 6.92 Å². The lowest BCUT2D eigenvalue weighted by Crippen LogP contribution is -2.20. The molecule has 25 heavy (non-hydrogen) atoms. The number of unbranched alkanes of at least 4 members (excludes halogenated alkanes) is 11. The molecule has 3 nitrogen and oxygen atoms in total. The zero-order chi connectivity index (χ0) is 19.2. The lowest BCUT2D eigenvalue weighted by atomic mass is 10.0. The molecule has 0 saturated heterocycles. The molecule has 0 amide bonds. The molecule has 0 aromatic carbocycles. The van der Waals surface area contributed by atoms with Crippen molar-refractivity contribution >= 4 is 7.60 Å². The molecule has 0 rings (SSSR count). The summed E-state index contributed by atoms with van der Waals surface area (Å²) < 4.78 is 44.1. The fourth-order valence-corrected chi connectivity index (χ4v) is 3.95. The first kappa shape index (κ1) is 25.0. The highest BCUT2D eigenvalue weighted by Gasteiger charge is 2.50. The molecule has 0 aliphatic rings. The van der Waals surface area contributed by atoms with Crippen molar-refractivity contribution in [3.63, 3.8) is 0 Å². The summed E-state index contributed by atoms with van der Waals surface area (Å²) in [7, 11) is -4.88. The third-order valence-electron chi connectivity index (χ3n) is 4.64. The molecule has 2 atom stereocenters. The molecule has 0 aliphatic heterocycles. The third kappa shape index (κ3) is 12.1. The Balaban J connectivity index is 3.68. The number of alkyl halides is 2. The molecule has 0 radical (unpaired) electrons. The fraction of sp³-hybridized carbons (Fsp3) is 1.00. The van der Waals surface area contributed by atoms with Gasteiger partial charge in [0.15, 0.2) is 0 Å². The molecule has 2 unspecified atom stereocenters. The van der Waals surface area contributed by atoms with Gasteiger partial charge in [0.1, 0.15) is 0 Å². The first-order valence-corrected chi connectivity index (χ1v) is 11.7. The quantitative estimate of drug-likeness (QED) is 0.207. The second kappa shape index (κ2) is 14.1. The van der Waals surface area contributed by atoms with Gasteiger partial charge in [0, 0.05) is 6.42 Å². The van der Waals surface area contributed by atoms with Crippen molar-refractivity contribution < 1.29 is 22.8 Å². The number of rotatable bonds is 17. The predicted molar refractivity (Wildman–Crippen MR) is 101 cm³/mol. The van der Waals surface area contributed by atoms with Crippen LogP contribution in [0, 0.1) is 0 Å². The van der Waals surface area contributed by atoms with E-state index >= 15 is 0 Å². The largest absolute Gasteiger partial charge is 0.397 e. The fourth-order valence-electron chi connectivity index (χ4n) is 2.72. The Morgan fingerprint density at radius 2 is 1.28 bits per heavy atom. The van der Waals surface area contributed by atoms with Gasteiger partial charge in [0.05, 0.1) is 6.10 Å². The molecule has 0 aromatic rings. The van der Waals surface area contributed by atoms with E-state index in [0.717, 1.165) is 19.3 Å². The summed E-state index contributed by atoms with van der Waals surface area (Å²) in [6, 6.07) is 0. The molecular formula is C19H39F2O3P. The molecule has 6 heteroatoms. The van der Waals surface area contributed by atoms with E-state index in [2.05, 4.69) is 11.4 Å². The van der Waals surface area contributed by atoms with Crippen LogP contribution in [-0.4, -0.2) is 16.7 Å². The van der Waals surface area contributed by atoms with Crippen LogP contribution in [-0.2, 0) is 9.09 Å². The van der Waals surface area contributed by atoms with Gasteiger partial charge in [0.2, 0.25) is 0 Å². The lowest BCUT2D eigenvalue weighted by molar-refractivity contribution is 0.0283. The molecular weight excluding hydrogens is 345 g/mol. The molecule has 0 heterocycles. The molecule has 1 N–H and O–H groups in total. The molecule has 0 fully saturated rings. The summed E-state index contributed by atoms with van der Waals surface area (Å²) in [5.74, 6) is 0. The van der Waals surface area contributed by atoms with Crippen LogP contribution in [0.5, 0.6) is 0 Å². The van der Waals surface area contributed by atoms with E-state index in [4.69, 9.17) is 0 Å². The SMILES string of the molecule is CCCCCCCCCCCCCCC(F)(F)P(=O)(O)OC(C)CC. The first-order chi connectivity index (χ1) is 11.8. The van der Waals surface area contributed by atoms with Gasteiger partial charge in [-0.15, -0.1) is 0 Å². The molecule has 0 aromatic heterocycles. The monoisotopic (exact) mass is 384 g/mol. The van der Waals surface area contributed by atoms with Crippen LogP contribution in [0.3, 0.4) is 0 Å². The minimum Gasteiger partial charge on any atom is -0.320 e. The van der Waals surface area contributed by atoms with Crippen molar-refractivity contribution in [3.05, 3.63) is 0 Å².